The highest BCUT2D eigenvalue weighted by Gasteiger charge is 2.26. The van der Waals surface area contributed by atoms with Crippen molar-refractivity contribution in [1.82, 2.24) is 0 Å². The van der Waals surface area contributed by atoms with E-state index in [2.05, 4.69) is 48.0 Å². The molecule has 0 spiro atoms. The first-order valence-corrected chi connectivity index (χ1v) is 8.61. The fourth-order valence-corrected chi connectivity index (χ4v) is 5.18. The van der Waals surface area contributed by atoms with Crippen LogP contribution >= 0.6 is 23.1 Å². The van der Waals surface area contributed by atoms with Crippen LogP contribution in [0.3, 0.4) is 0 Å². The van der Waals surface area contributed by atoms with Crippen LogP contribution in [0.4, 0.5) is 5.69 Å². The van der Waals surface area contributed by atoms with Gasteiger partial charge < -0.3 is 10.1 Å². The number of hydrogen-bond acceptors (Lipinski definition) is 4. The summed E-state index contributed by atoms with van der Waals surface area (Å²) in [7, 11) is 1.74. The Kier molecular flexibility index (Phi) is 4.34. The van der Waals surface area contributed by atoms with Crippen molar-refractivity contribution in [2.45, 2.75) is 35.5 Å². The van der Waals surface area contributed by atoms with Crippen LogP contribution < -0.4 is 5.32 Å². The van der Waals surface area contributed by atoms with Crippen LogP contribution in [0.25, 0.3) is 0 Å². The molecule has 1 unspecified atom stereocenters. The minimum Gasteiger partial charge on any atom is -0.380 e. The number of benzene rings is 1. The van der Waals surface area contributed by atoms with Gasteiger partial charge in [0.15, 0.2) is 0 Å². The monoisotopic (exact) mass is 305 g/mol. The predicted molar refractivity (Wildman–Crippen MR) is 87.8 cm³/mol. The van der Waals surface area contributed by atoms with Crippen molar-refractivity contribution in [3.05, 3.63) is 46.8 Å². The average Bonchev–Trinajstić information content (AvgIpc) is 2.89. The van der Waals surface area contributed by atoms with Crippen LogP contribution in [0.2, 0.25) is 0 Å². The van der Waals surface area contributed by atoms with Crippen LogP contribution in [0.15, 0.2) is 39.9 Å². The van der Waals surface area contributed by atoms with Gasteiger partial charge in [0.1, 0.15) is 0 Å². The van der Waals surface area contributed by atoms with Gasteiger partial charge in [-0.1, -0.05) is 25.1 Å². The molecule has 2 atom stereocenters. The van der Waals surface area contributed by atoms with Gasteiger partial charge in [0.05, 0.1) is 16.9 Å². The van der Waals surface area contributed by atoms with Crippen LogP contribution in [0.1, 0.15) is 30.5 Å². The lowest BCUT2D eigenvalue weighted by atomic mass is 10.0. The van der Waals surface area contributed by atoms with Crippen molar-refractivity contribution >= 4 is 28.8 Å². The number of anilines is 1. The number of ether oxygens (including phenoxy) is 1. The van der Waals surface area contributed by atoms with E-state index >= 15 is 0 Å². The lowest BCUT2D eigenvalue weighted by Crippen LogP contribution is -2.19. The maximum atomic E-state index is 5.29. The average molecular weight is 305 g/mol. The molecule has 2 aromatic rings. The van der Waals surface area contributed by atoms with Crippen LogP contribution in [-0.2, 0) is 11.3 Å². The van der Waals surface area contributed by atoms with Crippen LogP contribution in [0.5, 0.6) is 0 Å². The van der Waals surface area contributed by atoms with E-state index in [1.807, 2.05) is 23.1 Å². The highest BCUT2D eigenvalue weighted by molar-refractivity contribution is 8.01. The van der Waals surface area contributed by atoms with Crippen molar-refractivity contribution in [1.29, 1.82) is 0 Å². The summed E-state index contributed by atoms with van der Waals surface area (Å²) in [5.74, 6) is 0. The number of thioether (sulfide) groups is 1. The Hall–Kier alpha value is -0.970. The molecule has 3 rings (SSSR count). The summed E-state index contributed by atoms with van der Waals surface area (Å²) in [5, 5.41) is 6.58. The number of thiophene rings is 1. The molecule has 0 amide bonds. The highest BCUT2D eigenvalue weighted by atomic mass is 32.2. The molecule has 0 saturated carbocycles. The molecule has 1 aromatic heterocycles. The zero-order valence-electron chi connectivity index (χ0n) is 11.8. The summed E-state index contributed by atoms with van der Waals surface area (Å²) in [5.41, 5.74) is 3.86. The number of nitrogens with one attached hydrogen (secondary N) is 1. The molecule has 106 valence electrons. The quantitative estimate of drug-likeness (QED) is 0.865. The van der Waals surface area contributed by atoms with E-state index in [-0.39, 0.29) is 0 Å². The molecule has 1 N–H and O–H groups in total. The molecule has 0 radical (unpaired) electrons. The summed E-state index contributed by atoms with van der Waals surface area (Å²) in [6.07, 6.45) is 1.16. The molecule has 2 heterocycles. The van der Waals surface area contributed by atoms with Crippen molar-refractivity contribution in [2.75, 3.05) is 12.4 Å². The molecule has 0 aliphatic carbocycles. The van der Waals surface area contributed by atoms with Gasteiger partial charge in [0.25, 0.3) is 0 Å². The number of para-hydroxylation sites is 1. The van der Waals surface area contributed by atoms with Gasteiger partial charge in [-0.25, -0.2) is 0 Å². The minimum absolute atomic E-state index is 0.408. The molecule has 0 bridgehead atoms. The third-order valence-electron chi connectivity index (χ3n) is 3.56. The van der Waals surface area contributed by atoms with Gasteiger partial charge in [-0.05, 0) is 29.5 Å². The molecule has 1 aliphatic heterocycles. The first kappa shape index (κ1) is 14.0. The second kappa shape index (κ2) is 6.20. The third-order valence-corrected chi connectivity index (χ3v) is 5.90. The number of methoxy groups -OCH3 is 1. The normalized spacial score (nSPS) is 21.5. The second-order valence-corrected chi connectivity index (χ2v) is 7.74. The van der Waals surface area contributed by atoms with Crippen molar-refractivity contribution in [3.8, 4) is 0 Å². The standard InChI is InChI=1S/C16H19NOS2/c1-11-9-15(13-7-8-19-16(13)20-11)17-14-6-4-3-5-12(14)10-18-2/h3-8,11,15,17H,9-10H2,1-2H3/t11-,15?/m0/s1. The van der Waals surface area contributed by atoms with Gasteiger partial charge in [0, 0.05) is 23.6 Å². The Labute approximate surface area is 128 Å². The zero-order valence-corrected chi connectivity index (χ0v) is 13.4. The predicted octanol–water partition coefficient (Wildman–Crippen LogP) is 4.93. The fourth-order valence-electron chi connectivity index (χ4n) is 2.62. The van der Waals surface area contributed by atoms with E-state index < -0.39 is 0 Å². The van der Waals surface area contributed by atoms with Crippen LogP contribution in [-0.4, -0.2) is 12.4 Å². The molecule has 2 nitrogen and oxygen atoms in total. The summed E-state index contributed by atoms with van der Waals surface area (Å²) in [4.78, 5) is 0. The SMILES string of the molecule is COCc1ccccc1NC1C[C@H](C)Sc2sccc21. The van der Waals surface area contributed by atoms with E-state index in [1.165, 1.54) is 21.0 Å². The largest absolute Gasteiger partial charge is 0.380 e. The van der Waals surface area contributed by atoms with E-state index in [0.29, 0.717) is 17.9 Å². The van der Waals surface area contributed by atoms with Gasteiger partial charge in [-0.3, -0.25) is 0 Å². The van der Waals surface area contributed by atoms with Crippen molar-refractivity contribution in [2.24, 2.45) is 0 Å². The van der Waals surface area contributed by atoms with E-state index in [4.69, 9.17) is 4.74 Å². The second-order valence-electron chi connectivity index (χ2n) is 5.11. The fraction of sp³-hybridized carbons (Fsp3) is 0.375. The first-order chi connectivity index (χ1) is 9.78. The topological polar surface area (TPSA) is 21.3 Å². The van der Waals surface area contributed by atoms with Crippen LogP contribution in [0, 0.1) is 0 Å². The maximum Gasteiger partial charge on any atom is 0.0733 e. The maximum absolute atomic E-state index is 5.29. The Balaban J connectivity index is 1.85. The highest BCUT2D eigenvalue weighted by Crippen LogP contribution is 2.45. The number of fused-ring (bicyclic) bond motifs is 1. The summed E-state index contributed by atoms with van der Waals surface area (Å²) in [6, 6.07) is 11.1. The van der Waals surface area contributed by atoms with E-state index in [9.17, 15) is 0 Å². The Morgan fingerprint density at radius 1 is 1.30 bits per heavy atom. The molecule has 0 saturated heterocycles. The Morgan fingerprint density at radius 2 is 2.15 bits per heavy atom. The van der Waals surface area contributed by atoms with E-state index in [1.54, 1.807) is 7.11 Å². The summed E-state index contributed by atoms with van der Waals surface area (Å²) >= 11 is 3.86. The van der Waals surface area contributed by atoms with E-state index in [0.717, 1.165) is 6.42 Å². The minimum atomic E-state index is 0.408. The number of hydrogen-bond donors (Lipinski definition) is 1. The zero-order chi connectivity index (χ0) is 13.9. The van der Waals surface area contributed by atoms with Gasteiger partial charge in [-0.2, -0.15) is 0 Å². The van der Waals surface area contributed by atoms with Gasteiger partial charge in [-0.15, -0.1) is 23.1 Å². The smallest absolute Gasteiger partial charge is 0.0733 e. The van der Waals surface area contributed by atoms with Crippen molar-refractivity contribution < 1.29 is 4.74 Å². The first-order valence-electron chi connectivity index (χ1n) is 6.85. The molecule has 0 fully saturated rings. The Bertz CT molecular complexity index is 581. The molecule has 4 heteroatoms. The molecular formula is C16H19NOS2. The molecule has 1 aliphatic rings. The lowest BCUT2D eigenvalue weighted by molar-refractivity contribution is 0.185. The molecule has 20 heavy (non-hydrogen) atoms. The summed E-state index contributed by atoms with van der Waals surface area (Å²) in [6.45, 7) is 2.96. The van der Waals surface area contributed by atoms with Gasteiger partial charge >= 0.3 is 0 Å². The van der Waals surface area contributed by atoms with Gasteiger partial charge in [0.2, 0.25) is 0 Å². The lowest BCUT2D eigenvalue weighted by Gasteiger charge is -2.29. The molecule has 1 aromatic carbocycles. The number of rotatable bonds is 4. The molecular weight excluding hydrogens is 286 g/mol. The summed E-state index contributed by atoms with van der Waals surface area (Å²) < 4.78 is 6.75. The van der Waals surface area contributed by atoms with Crippen molar-refractivity contribution in [3.63, 3.8) is 0 Å². The Morgan fingerprint density at radius 3 is 3.00 bits per heavy atom. The third kappa shape index (κ3) is 2.87.